The van der Waals surface area contributed by atoms with Crippen LogP contribution in [0, 0.1) is 0 Å². The molecule has 2 unspecified atom stereocenters. The van der Waals surface area contributed by atoms with E-state index in [1.165, 1.54) is 93.9 Å². The summed E-state index contributed by atoms with van der Waals surface area (Å²) >= 11 is 0. The summed E-state index contributed by atoms with van der Waals surface area (Å²) in [5.74, 6) is 0.363. The number of nitrogens with zero attached hydrogens (tertiary/aromatic N) is 3. The minimum atomic E-state index is 0.278. The van der Waals surface area contributed by atoms with E-state index in [1.54, 1.807) is 0 Å². The van der Waals surface area contributed by atoms with Gasteiger partial charge in [-0.2, -0.15) is 0 Å². The predicted octanol–water partition coefficient (Wildman–Crippen LogP) is 15.6. The number of aromatic nitrogens is 2. The van der Waals surface area contributed by atoms with Crippen LogP contribution in [0.1, 0.15) is 11.5 Å². The molecule has 0 bridgehead atoms. The van der Waals surface area contributed by atoms with Crippen molar-refractivity contribution in [1.29, 1.82) is 0 Å². The first-order valence-corrected chi connectivity index (χ1v) is 21.9. The van der Waals surface area contributed by atoms with E-state index in [1.807, 2.05) is 0 Å². The van der Waals surface area contributed by atoms with E-state index in [0.29, 0.717) is 5.92 Å². The highest BCUT2D eigenvalue weighted by molar-refractivity contribution is 6.12. The molecule has 3 nitrogen and oxygen atoms in total. The molecule has 2 atom stereocenters. The van der Waals surface area contributed by atoms with Gasteiger partial charge in [0.25, 0.3) is 0 Å². The summed E-state index contributed by atoms with van der Waals surface area (Å²) in [5.41, 5.74) is 18.2. The van der Waals surface area contributed by atoms with Gasteiger partial charge in [-0.05, 0) is 118 Å². The fourth-order valence-electron chi connectivity index (χ4n) is 10.5. The first-order valence-electron chi connectivity index (χ1n) is 21.9. The molecule has 296 valence electrons. The summed E-state index contributed by atoms with van der Waals surface area (Å²) < 4.78 is 4.82. The molecule has 1 aliphatic carbocycles. The van der Waals surface area contributed by atoms with Crippen molar-refractivity contribution in [2.45, 2.75) is 12.0 Å². The highest BCUT2D eigenvalue weighted by atomic mass is 15.2. The molecule has 2 aromatic heterocycles. The van der Waals surface area contributed by atoms with Crippen molar-refractivity contribution in [1.82, 2.24) is 9.13 Å². The van der Waals surface area contributed by atoms with Crippen LogP contribution >= 0.6 is 0 Å². The smallest absolute Gasteiger partial charge is 0.0629 e. The van der Waals surface area contributed by atoms with Crippen LogP contribution in [0.5, 0.6) is 0 Å². The summed E-state index contributed by atoms with van der Waals surface area (Å²) in [4.78, 5) is 2.50. The molecule has 0 saturated heterocycles. The molecule has 0 saturated carbocycles. The Kier molecular flexibility index (Phi) is 8.04. The average molecular weight is 804 g/mol. The van der Waals surface area contributed by atoms with Crippen molar-refractivity contribution >= 4 is 55.0 Å². The second kappa shape index (κ2) is 14.2. The van der Waals surface area contributed by atoms with Crippen LogP contribution in [0.15, 0.2) is 237 Å². The van der Waals surface area contributed by atoms with Crippen LogP contribution < -0.4 is 4.90 Å². The van der Waals surface area contributed by atoms with Crippen LogP contribution in [-0.2, 0) is 0 Å². The van der Waals surface area contributed by atoms with E-state index in [2.05, 4.69) is 251 Å². The number of hydrogen-bond donors (Lipinski definition) is 0. The van der Waals surface area contributed by atoms with Gasteiger partial charge in [-0.15, -0.1) is 0 Å². The third kappa shape index (κ3) is 5.67. The van der Waals surface area contributed by atoms with Gasteiger partial charge in [0, 0.05) is 50.2 Å². The molecule has 13 rings (SSSR count). The summed E-state index contributed by atoms with van der Waals surface area (Å²) in [7, 11) is 0. The highest BCUT2D eigenvalue weighted by Gasteiger charge is 2.37. The minimum absolute atomic E-state index is 0.278. The number of para-hydroxylation sites is 3. The summed E-state index contributed by atoms with van der Waals surface area (Å²) in [5, 5.41) is 5.01. The van der Waals surface area contributed by atoms with E-state index < -0.39 is 0 Å². The van der Waals surface area contributed by atoms with E-state index in [-0.39, 0.29) is 6.04 Å². The van der Waals surface area contributed by atoms with Gasteiger partial charge in [0.2, 0.25) is 0 Å². The molecule has 1 aliphatic heterocycles. The van der Waals surface area contributed by atoms with Crippen LogP contribution in [0.4, 0.5) is 11.4 Å². The molecule has 11 aromatic rings. The van der Waals surface area contributed by atoms with Crippen LogP contribution in [0.25, 0.3) is 88.4 Å². The maximum Gasteiger partial charge on any atom is 0.0629 e. The molecule has 3 heterocycles. The lowest BCUT2D eigenvalue weighted by atomic mass is 9.91. The number of anilines is 2. The fraction of sp³-hybridized carbons (Fsp3) is 0.0333. The van der Waals surface area contributed by atoms with Crippen molar-refractivity contribution in [3.8, 4) is 44.8 Å². The number of allylic oxidation sites excluding steroid dienone is 2. The lowest BCUT2D eigenvalue weighted by Gasteiger charge is -2.28. The van der Waals surface area contributed by atoms with Gasteiger partial charge in [0.05, 0.1) is 28.1 Å². The maximum atomic E-state index is 2.50. The zero-order valence-corrected chi connectivity index (χ0v) is 34.5. The van der Waals surface area contributed by atoms with Gasteiger partial charge in [0.1, 0.15) is 0 Å². The number of benzene rings is 9. The number of hydrogen-bond acceptors (Lipinski definition) is 1. The largest absolute Gasteiger partial charge is 0.333 e. The Morgan fingerprint density at radius 1 is 0.302 bits per heavy atom. The lowest BCUT2D eigenvalue weighted by Crippen LogP contribution is -2.28. The molecule has 0 N–H and O–H groups in total. The van der Waals surface area contributed by atoms with Gasteiger partial charge in [-0.25, -0.2) is 0 Å². The molecule has 0 radical (unpaired) electrons. The van der Waals surface area contributed by atoms with E-state index in [0.717, 1.165) is 11.4 Å². The fourth-order valence-corrected chi connectivity index (χ4v) is 10.5. The number of fused-ring (bicyclic) bond motifs is 9. The van der Waals surface area contributed by atoms with Gasteiger partial charge >= 0.3 is 0 Å². The standard InChI is InChI=1S/C60H41N3/c1-2-13-40(14-3-1)43-15-12-16-48(37-43)63-59-35-29-44(41-25-31-46(32-26-41)61-55-21-8-4-17-49(55)50-18-5-9-22-56(50)61)38-53(59)54-39-45(30-36-60(54)63)42-27-33-47(34-28-42)62-57-23-10-6-19-51(57)52-20-7-11-24-58(52)62/h1-39,49,55H. The van der Waals surface area contributed by atoms with Crippen molar-refractivity contribution in [3.63, 3.8) is 0 Å². The second-order valence-corrected chi connectivity index (χ2v) is 16.9. The molecule has 63 heavy (non-hydrogen) atoms. The van der Waals surface area contributed by atoms with Gasteiger partial charge in [-0.1, -0.05) is 158 Å². The van der Waals surface area contributed by atoms with E-state index in [4.69, 9.17) is 0 Å². The lowest BCUT2D eigenvalue weighted by molar-refractivity contribution is 0.745. The molecule has 2 aliphatic rings. The van der Waals surface area contributed by atoms with Crippen LogP contribution in [0.3, 0.4) is 0 Å². The molecule has 0 amide bonds. The van der Waals surface area contributed by atoms with Crippen molar-refractivity contribution < 1.29 is 0 Å². The SMILES string of the molecule is C1=CC2c3ccccc3N(c3ccc(-c4ccc5c(c4)c4cc(-c6ccc(-n7c8ccccc8c8ccccc87)cc6)ccc4n5-c4cccc(-c5ccccc5)c4)cc3)C2C=C1. The van der Waals surface area contributed by atoms with Gasteiger partial charge in [-0.3, -0.25) is 0 Å². The first kappa shape index (κ1) is 35.6. The minimum Gasteiger partial charge on any atom is -0.333 e. The Bertz CT molecular complexity index is 3570. The van der Waals surface area contributed by atoms with Crippen molar-refractivity contribution in [2.75, 3.05) is 4.90 Å². The second-order valence-electron chi connectivity index (χ2n) is 16.9. The van der Waals surface area contributed by atoms with Crippen LogP contribution in [-0.4, -0.2) is 15.2 Å². The van der Waals surface area contributed by atoms with Crippen molar-refractivity contribution in [3.05, 3.63) is 242 Å². The number of rotatable bonds is 6. The monoisotopic (exact) mass is 803 g/mol. The Morgan fingerprint density at radius 2 is 0.794 bits per heavy atom. The Labute approximate surface area is 366 Å². The van der Waals surface area contributed by atoms with E-state index >= 15 is 0 Å². The predicted molar refractivity (Wildman–Crippen MR) is 265 cm³/mol. The zero-order chi connectivity index (χ0) is 41.4. The summed E-state index contributed by atoms with van der Waals surface area (Å²) in [6, 6.07) is 78.4. The molecule has 9 aromatic carbocycles. The normalized spacial score (nSPS) is 15.5. The summed E-state index contributed by atoms with van der Waals surface area (Å²) in [6.45, 7) is 0. The maximum absolute atomic E-state index is 2.50. The van der Waals surface area contributed by atoms with E-state index in [9.17, 15) is 0 Å². The highest BCUT2D eigenvalue weighted by Crippen LogP contribution is 2.48. The first-order chi connectivity index (χ1) is 31.2. The topological polar surface area (TPSA) is 13.1 Å². The average Bonchev–Trinajstić information content (AvgIpc) is 4.00. The third-order valence-corrected chi connectivity index (χ3v) is 13.5. The molecule has 0 spiro atoms. The Morgan fingerprint density at radius 3 is 1.48 bits per heavy atom. The molecule has 0 fully saturated rings. The zero-order valence-electron chi connectivity index (χ0n) is 34.5. The molecule has 3 heteroatoms. The molecular weight excluding hydrogens is 763 g/mol. The third-order valence-electron chi connectivity index (χ3n) is 13.5. The molecular formula is C60H41N3. The Balaban J connectivity index is 0.926. The quantitative estimate of drug-likeness (QED) is 0.163. The summed E-state index contributed by atoms with van der Waals surface area (Å²) in [6.07, 6.45) is 9.05. The van der Waals surface area contributed by atoms with Gasteiger partial charge in [0.15, 0.2) is 0 Å². The van der Waals surface area contributed by atoms with Crippen LogP contribution in [0.2, 0.25) is 0 Å². The Hall–Kier alpha value is -8.14. The van der Waals surface area contributed by atoms with Gasteiger partial charge < -0.3 is 14.0 Å². The van der Waals surface area contributed by atoms with Crippen molar-refractivity contribution in [2.24, 2.45) is 0 Å².